The second-order valence-corrected chi connectivity index (χ2v) is 19.2. The molecule has 0 saturated carbocycles. The zero-order valence-corrected chi connectivity index (χ0v) is 40.0. The lowest BCUT2D eigenvalue weighted by atomic mass is 9.67. The summed E-state index contributed by atoms with van der Waals surface area (Å²) in [5, 5.41) is 4.76. The largest absolute Gasteiger partial charge is 0.456 e. The summed E-state index contributed by atoms with van der Waals surface area (Å²) < 4.78 is 6.33. The van der Waals surface area contributed by atoms with Gasteiger partial charge in [-0.25, -0.2) is 0 Å². The first-order chi connectivity index (χ1) is 36.2. The molecule has 1 aliphatic carbocycles. The van der Waals surface area contributed by atoms with E-state index < -0.39 is 5.41 Å². The van der Waals surface area contributed by atoms with Crippen LogP contribution in [-0.2, 0) is 5.41 Å². The molecular weight excluding hydrogens is 883 g/mol. The van der Waals surface area contributed by atoms with Crippen molar-refractivity contribution in [3.05, 3.63) is 307 Å². The molecule has 0 unspecified atom stereocenters. The first kappa shape index (κ1) is 42.4. The Hall–Kier alpha value is -9.50. The summed E-state index contributed by atoms with van der Waals surface area (Å²) in [6.07, 6.45) is 0. The van der Waals surface area contributed by atoms with E-state index in [4.69, 9.17) is 4.42 Å². The van der Waals surface area contributed by atoms with E-state index in [9.17, 15) is 0 Å². The minimum absolute atomic E-state index is 0.532. The number of rotatable bonds is 9. The Labute approximate surface area is 425 Å². The molecule has 0 bridgehead atoms. The van der Waals surface area contributed by atoms with E-state index in [1.165, 1.54) is 72.0 Å². The van der Waals surface area contributed by atoms with E-state index >= 15 is 0 Å². The molecular formula is C71H47NO. The summed E-state index contributed by atoms with van der Waals surface area (Å²) in [5.74, 6) is 0. The number of fused-ring (bicyclic) bond motifs is 7. The third-order valence-electron chi connectivity index (χ3n) is 15.1. The topological polar surface area (TPSA) is 16.4 Å². The van der Waals surface area contributed by atoms with Crippen LogP contribution in [0.5, 0.6) is 0 Å². The third-order valence-corrected chi connectivity index (χ3v) is 15.1. The molecule has 0 aliphatic heterocycles. The molecule has 1 heterocycles. The van der Waals surface area contributed by atoms with E-state index in [0.29, 0.717) is 0 Å². The van der Waals surface area contributed by atoms with Gasteiger partial charge in [0, 0.05) is 27.8 Å². The monoisotopic (exact) mass is 929 g/mol. The van der Waals surface area contributed by atoms with Crippen molar-refractivity contribution in [2.24, 2.45) is 0 Å². The first-order valence-corrected chi connectivity index (χ1v) is 25.1. The summed E-state index contributed by atoms with van der Waals surface area (Å²) in [4.78, 5) is 2.42. The number of hydrogen-bond acceptors (Lipinski definition) is 2. The zero-order chi connectivity index (χ0) is 48.3. The quantitative estimate of drug-likeness (QED) is 0.143. The van der Waals surface area contributed by atoms with Crippen molar-refractivity contribution in [2.75, 3.05) is 4.90 Å². The van der Waals surface area contributed by atoms with Gasteiger partial charge in [-0.3, -0.25) is 0 Å². The fourth-order valence-electron chi connectivity index (χ4n) is 11.8. The highest BCUT2D eigenvalue weighted by molar-refractivity contribution is 6.12. The molecule has 12 aromatic carbocycles. The molecule has 1 aromatic heterocycles. The molecule has 73 heavy (non-hydrogen) atoms. The number of nitrogens with zero attached hydrogens (tertiary/aromatic N) is 1. The first-order valence-electron chi connectivity index (χ1n) is 25.1. The normalized spacial score (nSPS) is 12.5. The van der Waals surface area contributed by atoms with E-state index in [2.05, 4.69) is 278 Å². The van der Waals surface area contributed by atoms with Gasteiger partial charge in [-0.15, -0.1) is 0 Å². The highest BCUT2D eigenvalue weighted by atomic mass is 16.3. The van der Waals surface area contributed by atoms with Gasteiger partial charge in [0.25, 0.3) is 0 Å². The molecule has 1 aliphatic rings. The average molecular weight is 930 g/mol. The van der Waals surface area contributed by atoms with Gasteiger partial charge in [0.15, 0.2) is 0 Å². The minimum atomic E-state index is -0.532. The van der Waals surface area contributed by atoms with Gasteiger partial charge < -0.3 is 9.32 Å². The second kappa shape index (κ2) is 17.4. The van der Waals surface area contributed by atoms with Crippen molar-refractivity contribution in [3.63, 3.8) is 0 Å². The number of hydrogen-bond donors (Lipinski definition) is 0. The average Bonchev–Trinajstić information content (AvgIpc) is 4.00. The van der Waals surface area contributed by atoms with Crippen LogP contribution in [0, 0.1) is 0 Å². The maximum Gasteiger partial charge on any atom is 0.136 e. The van der Waals surface area contributed by atoms with Crippen molar-refractivity contribution in [1.82, 2.24) is 0 Å². The predicted octanol–water partition coefficient (Wildman–Crippen LogP) is 19.2. The Morgan fingerprint density at radius 3 is 1.47 bits per heavy atom. The van der Waals surface area contributed by atoms with Crippen LogP contribution in [0.25, 0.3) is 88.3 Å². The molecule has 0 amide bonds. The van der Waals surface area contributed by atoms with Crippen LogP contribution in [0.1, 0.15) is 22.3 Å². The molecule has 13 aromatic rings. The summed E-state index contributed by atoms with van der Waals surface area (Å²) in [6, 6.07) is 104. The number of para-hydroxylation sites is 1. The Morgan fingerprint density at radius 1 is 0.274 bits per heavy atom. The van der Waals surface area contributed by atoms with Gasteiger partial charge in [-0.2, -0.15) is 0 Å². The maximum absolute atomic E-state index is 6.33. The molecule has 0 spiro atoms. The van der Waals surface area contributed by atoms with E-state index in [0.717, 1.165) is 55.7 Å². The van der Waals surface area contributed by atoms with Crippen molar-refractivity contribution in [2.45, 2.75) is 5.41 Å². The highest BCUT2D eigenvalue weighted by Gasteiger charge is 2.46. The molecule has 342 valence electrons. The van der Waals surface area contributed by atoms with Crippen LogP contribution in [0.15, 0.2) is 290 Å². The fraction of sp³-hybridized carbons (Fsp3) is 0.0141. The molecule has 2 nitrogen and oxygen atoms in total. The molecule has 0 fully saturated rings. The number of furan rings is 1. The van der Waals surface area contributed by atoms with Gasteiger partial charge in [0.05, 0.1) is 5.41 Å². The van der Waals surface area contributed by atoms with Crippen LogP contribution in [-0.4, -0.2) is 0 Å². The second-order valence-electron chi connectivity index (χ2n) is 19.2. The number of benzene rings is 12. The molecule has 0 atom stereocenters. The Balaban J connectivity index is 0.887. The highest BCUT2D eigenvalue weighted by Crippen LogP contribution is 2.57. The van der Waals surface area contributed by atoms with Crippen molar-refractivity contribution in [1.29, 1.82) is 0 Å². The summed E-state index contributed by atoms with van der Waals surface area (Å²) >= 11 is 0. The van der Waals surface area contributed by atoms with Crippen molar-refractivity contribution in [3.8, 4) is 55.6 Å². The smallest absolute Gasteiger partial charge is 0.136 e. The summed E-state index contributed by atoms with van der Waals surface area (Å²) in [6.45, 7) is 0. The standard InChI is InChI=1S/C71H47NO/c1-3-22-57(23-4-1)71(58-24-5-2-6-25-58)66-29-11-9-26-63(66)64-43-42-61(47-67(64)71)72(60-40-36-50(37-41-60)62-28-15-31-69-70(62)65-27-10-12-30-68(65)73-69)59-38-34-49(35-39-59)52-18-13-19-53(44-52)54-20-14-21-55(46-54)56-33-32-48-16-7-8-17-51(48)45-56/h1-47H. The third kappa shape index (κ3) is 7.10. The summed E-state index contributed by atoms with van der Waals surface area (Å²) in [5.41, 5.74) is 21.4. The molecule has 0 saturated heterocycles. The molecule has 2 heteroatoms. The van der Waals surface area contributed by atoms with Crippen LogP contribution < -0.4 is 4.90 Å². The van der Waals surface area contributed by atoms with Crippen molar-refractivity contribution < 1.29 is 4.42 Å². The van der Waals surface area contributed by atoms with Gasteiger partial charge in [-0.1, -0.05) is 218 Å². The van der Waals surface area contributed by atoms with Crippen LogP contribution in [0.4, 0.5) is 17.1 Å². The maximum atomic E-state index is 6.33. The molecule has 14 rings (SSSR count). The Kier molecular flexibility index (Phi) is 10.1. The SMILES string of the molecule is c1ccc(C2(c3ccccc3)c3ccccc3-c3ccc(N(c4ccc(-c5cccc(-c6cccc(-c7ccc8ccccc8c7)c6)c5)cc4)c4ccc(-c5cccc6oc7ccccc7c56)cc4)cc32)cc1. The molecule has 0 radical (unpaired) electrons. The molecule has 0 N–H and O–H groups in total. The predicted molar refractivity (Wildman–Crippen MR) is 305 cm³/mol. The zero-order valence-electron chi connectivity index (χ0n) is 40.0. The van der Waals surface area contributed by atoms with Crippen molar-refractivity contribution >= 4 is 49.8 Å². The van der Waals surface area contributed by atoms with Gasteiger partial charge in [0.2, 0.25) is 0 Å². The minimum Gasteiger partial charge on any atom is -0.456 e. The lowest BCUT2D eigenvalue weighted by Gasteiger charge is -2.35. The van der Waals surface area contributed by atoms with Crippen LogP contribution >= 0.6 is 0 Å². The lowest BCUT2D eigenvalue weighted by molar-refractivity contribution is 0.669. The number of anilines is 3. The van der Waals surface area contributed by atoms with Crippen LogP contribution in [0.2, 0.25) is 0 Å². The fourth-order valence-corrected chi connectivity index (χ4v) is 11.8. The van der Waals surface area contributed by atoms with Crippen LogP contribution in [0.3, 0.4) is 0 Å². The Bertz CT molecular complexity index is 4150. The van der Waals surface area contributed by atoms with Gasteiger partial charge in [0.1, 0.15) is 11.2 Å². The van der Waals surface area contributed by atoms with E-state index in [1.54, 1.807) is 0 Å². The van der Waals surface area contributed by atoms with Gasteiger partial charge in [-0.05, 0) is 155 Å². The Morgan fingerprint density at radius 2 is 0.767 bits per heavy atom. The van der Waals surface area contributed by atoms with E-state index in [1.807, 2.05) is 12.1 Å². The van der Waals surface area contributed by atoms with Gasteiger partial charge >= 0.3 is 0 Å². The lowest BCUT2D eigenvalue weighted by Crippen LogP contribution is -2.28. The van der Waals surface area contributed by atoms with E-state index in [-0.39, 0.29) is 0 Å². The summed E-state index contributed by atoms with van der Waals surface area (Å²) in [7, 11) is 0.